The maximum Gasteiger partial charge on any atom is 0.145 e. The van der Waals surface area contributed by atoms with Crippen molar-refractivity contribution < 1.29 is 0 Å². The Morgan fingerprint density at radius 1 is 1.11 bits per heavy atom. The van der Waals surface area contributed by atoms with E-state index in [4.69, 9.17) is 21.0 Å². The minimum atomic E-state index is -0.0948. The van der Waals surface area contributed by atoms with E-state index in [9.17, 15) is 0 Å². The topological polar surface area (TPSA) is 107 Å². The highest BCUT2D eigenvalue weighted by molar-refractivity contribution is 5.66. The number of benzene rings is 1. The average molecular weight is 233 g/mol. The van der Waals surface area contributed by atoms with Gasteiger partial charge in [0.2, 0.25) is 0 Å². The summed E-state index contributed by atoms with van der Waals surface area (Å²) in [6.45, 7) is 1.73. The fourth-order valence-electron chi connectivity index (χ4n) is 1.37. The fourth-order valence-corrected chi connectivity index (χ4v) is 1.37. The predicted octanol–water partition coefficient (Wildman–Crippen LogP) is 2.08. The highest BCUT2D eigenvalue weighted by Gasteiger charge is 2.07. The number of nitriles is 4. The van der Waals surface area contributed by atoms with E-state index >= 15 is 0 Å². The van der Waals surface area contributed by atoms with Crippen molar-refractivity contribution in [2.45, 2.75) is 6.92 Å². The second-order valence-corrected chi connectivity index (χ2v) is 3.37. The van der Waals surface area contributed by atoms with Gasteiger partial charge in [-0.3, -0.25) is 0 Å². The zero-order valence-corrected chi connectivity index (χ0v) is 9.52. The Hall–Kier alpha value is -3.28. The molecular weight excluding hydrogens is 226 g/mol. The molecule has 0 aliphatic carbocycles. The minimum Gasteiger partial charge on any atom is -0.359 e. The molecule has 5 nitrogen and oxygen atoms in total. The van der Waals surface area contributed by atoms with Crippen LogP contribution in [0.25, 0.3) is 0 Å². The Kier molecular flexibility index (Phi) is 4.06. The number of aryl methyl sites for hydroxylation is 1. The van der Waals surface area contributed by atoms with Crippen LogP contribution in [0.15, 0.2) is 23.9 Å². The molecule has 0 heterocycles. The molecule has 0 amide bonds. The Labute approximate surface area is 104 Å². The summed E-state index contributed by atoms with van der Waals surface area (Å²) in [5.41, 5.74) is 1.76. The molecule has 0 spiro atoms. The monoisotopic (exact) mass is 233 g/mol. The molecule has 1 aromatic rings. The zero-order valence-electron chi connectivity index (χ0n) is 9.52. The summed E-state index contributed by atoms with van der Waals surface area (Å²) in [4.78, 5) is 0. The molecule has 0 fully saturated rings. The first-order chi connectivity index (χ1) is 8.65. The van der Waals surface area contributed by atoms with E-state index in [0.717, 1.165) is 0 Å². The summed E-state index contributed by atoms with van der Waals surface area (Å²) < 4.78 is 0. The summed E-state index contributed by atoms with van der Waals surface area (Å²) >= 11 is 0. The van der Waals surface area contributed by atoms with Crippen molar-refractivity contribution in [3.8, 4) is 24.3 Å². The lowest BCUT2D eigenvalue weighted by Crippen LogP contribution is -1.97. The van der Waals surface area contributed by atoms with Crippen molar-refractivity contribution in [1.82, 2.24) is 0 Å². The van der Waals surface area contributed by atoms with Gasteiger partial charge in [-0.05, 0) is 24.6 Å². The van der Waals surface area contributed by atoms with Crippen molar-refractivity contribution in [3.63, 3.8) is 0 Å². The summed E-state index contributed by atoms with van der Waals surface area (Å²) in [6.07, 6.45) is 1.23. The fraction of sp³-hybridized carbons (Fsp3) is 0.0769. The lowest BCUT2D eigenvalue weighted by atomic mass is 10.0. The molecule has 5 heteroatoms. The van der Waals surface area contributed by atoms with Crippen LogP contribution in [0.4, 0.5) is 5.69 Å². The van der Waals surface area contributed by atoms with E-state index in [2.05, 4.69) is 5.32 Å². The first-order valence-corrected chi connectivity index (χ1v) is 4.88. The molecule has 0 aromatic heterocycles. The third-order valence-electron chi connectivity index (χ3n) is 2.19. The molecule has 0 radical (unpaired) electrons. The van der Waals surface area contributed by atoms with Crippen LogP contribution in [0, 0.1) is 52.2 Å². The van der Waals surface area contributed by atoms with Crippen LogP contribution in [0.3, 0.4) is 0 Å². The van der Waals surface area contributed by atoms with Gasteiger partial charge in [0, 0.05) is 6.20 Å². The second-order valence-electron chi connectivity index (χ2n) is 3.37. The number of allylic oxidation sites excluding steroid dienone is 1. The van der Waals surface area contributed by atoms with Gasteiger partial charge in [-0.1, -0.05) is 0 Å². The van der Waals surface area contributed by atoms with Gasteiger partial charge < -0.3 is 5.32 Å². The van der Waals surface area contributed by atoms with Gasteiger partial charge in [-0.25, -0.2) is 0 Å². The molecule has 1 rings (SSSR count). The number of hydrogen-bond donors (Lipinski definition) is 1. The van der Waals surface area contributed by atoms with Crippen molar-refractivity contribution in [3.05, 3.63) is 40.6 Å². The van der Waals surface area contributed by atoms with Gasteiger partial charge in [-0.15, -0.1) is 0 Å². The lowest BCUT2D eigenvalue weighted by Gasteiger charge is -2.08. The van der Waals surface area contributed by atoms with Crippen LogP contribution in [-0.4, -0.2) is 0 Å². The van der Waals surface area contributed by atoms with E-state index < -0.39 is 0 Å². The van der Waals surface area contributed by atoms with Gasteiger partial charge in [0.15, 0.2) is 0 Å². The van der Waals surface area contributed by atoms with Gasteiger partial charge in [0.1, 0.15) is 23.8 Å². The van der Waals surface area contributed by atoms with Gasteiger partial charge in [-0.2, -0.15) is 21.0 Å². The van der Waals surface area contributed by atoms with Crippen LogP contribution in [0.2, 0.25) is 0 Å². The van der Waals surface area contributed by atoms with Crippen LogP contribution in [0.1, 0.15) is 16.7 Å². The highest BCUT2D eigenvalue weighted by Crippen LogP contribution is 2.22. The first kappa shape index (κ1) is 12.8. The molecule has 1 aromatic carbocycles. The van der Waals surface area contributed by atoms with Gasteiger partial charge in [0.25, 0.3) is 0 Å². The smallest absolute Gasteiger partial charge is 0.145 e. The second kappa shape index (κ2) is 5.71. The zero-order chi connectivity index (χ0) is 13.5. The summed E-state index contributed by atoms with van der Waals surface area (Å²) in [6, 6.07) is 10.4. The molecule has 0 atom stereocenters. The van der Waals surface area contributed by atoms with Crippen LogP contribution < -0.4 is 5.32 Å². The van der Waals surface area contributed by atoms with Gasteiger partial charge in [0.05, 0.1) is 22.9 Å². The Bertz CT molecular complexity index is 656. The standard InChI is InChI=1S/C13H7N5/c1-9-2-10(4-14)3-12(7-17)13(9)18-8-11(5-15)6-16/h2-3,8,18H,1H3. The van der Waals surface area contributed by atoms with E-state index in [1.54, 1.807) is 25.1 Å². The van der Waals surface area contributed by atoms with Crippen LogP contribution in [-0.2, 0) is 0 Å². The summed E-state index contributed by atoms with van der Waals surface area (Å²) in [5, 5.41) is 37.7. The molecule has 0 aliphatic rings. The molecular formula is C13H7N5. The minimum absolute atomic E-state index is 0.0948. The third-order valence-corrected chi connectivity index (χ3v) is 2.19. The largest absolute Gasteiger partial charge is 0.359 e. The van der Waals surface area contributed by atoms with Crippen molar-refractivity contribution in [1.29, 1.82) is 21.0 Å². The van der Waals surface area contributed by atoms with Crippen molar-refractivity contribution in [2.24, 2.45) is 0 Å². The maximum absolute atomic E-state index is 8.99. The van der Waals surface area contributed by atoms with E-state index in [1.165, 1.54) is 12.3 Å². The molecule has 1 N–H and O–H groups in total. The number of rotatable bonds is 2. The summed E-state index contributed by atoms with van der Waals surface area (Å²) in [7, 11) is 0. The van der Waals surface area contributed by atoms with E-state index in [1.807, 2.05) is 12.1 Å². The quantitative estimate of drug-likeness (QED) is 0.787. The predicted molar refractivity (Wildman–Crippen MR) is 63.5 cm³/mol. The molecule has 0 aliphatic heterocycles. The van der Waals surface area contributed by atoms with E-state index in [0.29, 0.717) is 16.8 Å². The Morgan fingerprint density at radius 3 is 2.28 bits per heavy atom. The number of anilines is 1. The molecule has 0 saturated carbocycles. The van der Waals surface area contributed by atoms with Crippen LogP contribution in [0.5, 0.6) is 0 Å². The average Bonchev–Trinajstić information content (AvgIpc) is 2.40. The molecule has 84 valence electrons. The lowest BCUT2D eigenvalue weighted by molar-refractivity contribution is 1.36. The Balaban J connectivity index is 3.25. The van der Waals surface area contributed by atoms with Crippen LogP contribution >= 0.6 is 0 Å². The number of nitrogens with zero attached hydrogens (tertiary/aromatic N) is 4. The van der Waals surface area contributed by atoms with Gasteiger partial charge >= 0.3 is 0 Å². The number of nitrogens with one attached hydrogen (secondary N) is 1. The van der Waals surface area contributed by atoms with E-state index in [-0.39, 0.29) is 11.1 Å². The highest BCUT2D eigenvalue weighted by atomic mass is 14.8. The SMILES string of the molecule is Cc1cc(C#N)cc(C#N)c1NC=C(C#N)C#N. The molecule has 0 unspecified atom stereocenters. The molecule has 0 bridgehead atoms. The first-order valence-electron chi connectivity index (χ1n) is 4.88. The maximum atomic E-state index is 8.99. The Morgan fingerprint density at radius 2 is 1.78 bits per heavy atom. The normalized spacial score (nSPS) is 8.06. The van der Waals surface area contributed by atoms with Crippen molar-refractivity contribution in [2.75, 3.05) is 5.32 Å². The molecule has 18 heavy (non-hydrogen) atoms. The van der Waals surface area contributed by atoms with Crippen molar-refractivity contribution >= 4 is 5.69 Å². The third kappa shape index (κ3) is 2.64. The summed E-state index contributed by atoms with van der Waals surface area (Å²) in [5.74, 6) is 0. The number of hydrogen-bond acceptors (Lipinski definition) is 5. The molecule has 0 saturated heterocycles.